The van der Waals surface area contributed by atoms with E-state index in [1.807, 2.05) is 12.1 Å². The third-order valence-electron chi connectivity index (χ3n) is 5.28. The Morgan fingerprint density at radius 3 is 2.23 bits per heavy atom. The molecule has 0 fully saturated rings. The molecule has 0 N–H and O–H groups in total. The Bertz CT molecular complexity index is 487. The van der Waals surface area contributed by atoms with Gasteiger partial charge in [0.2, 0.25) is 8.03 Å². The van der Waals surface area contributed by atoms with E-state index in [4.69, 9.17) is 4.52 Å². The Morgan fingerprint density at radius 2 is 1.54 bits per heavy atom. The summed E-state index contributed by atoms with van der Waals surface area (Å²) in [5.41, 5.74) is 1.23. The zero-order valence-electron chi connectivity index (χ0n) is 17.4. The Kier molecular flexibility index (Phi) is 13.9. The third kappa shape index (κ3) is 9.93. The molecule has 2 nitrogen and oxygen atoms in total. The van der Waals surface area contributed by atoms with Crippen molar-refractivity contribution < 1.29 is 9.09 Å². The molecule has 0 aliphatic carbocycles. The van der Waals surface area contributed by atoms with Gasteiger partial charge in [0.1, 0.15) is 0 Å². The molecule has 150 valence electrons. The third-order valence-corrected chi connectivity index (χ3v) is 6.64. The van der Waals surface area contributed by atoms with Crippen LogP contribution in [0.2, 0.25) is 0 Å². The molecule has 3 heteroatoms. The lowest BCUT2D eigenvalue weighted by Crippen LogP contribution is -2.11. The Morgan fingerprint density at radius 1 is 0.885 bits per heavy atom. The molecule has 0 aromatic heterocycles. The van der Waals surface area contributed by atoms with E-state index in [0.717, 1.165) is 18.1 Å². The number of aryl methyl sites for hydroxylation is 1. The van der Waals surface area contributed by atoms with Gasteiger partial charge < -0.3 is 4.52 Å². The van der Waals surface area contributed by atoms with Crippen LogP contribution in [-0.2, 0) is 15.5 Å². The number of rotatable bonds is 16. The largest absolute Gasteiger partial charge is 0.327 e. The normalized spacial score (nSPS) is 13.7. The second kappa shape index (κ2) is 15.5. The van der Waals surface area contributed by atoms with Crippen molar-refractivity contribution in [2.45, 2.75) is 97.8 Å². The lowest BCUT2D eigenvalue weighted by Gasteiger charge is -2.16. The molecule has 1 aromatic rings. The average Bonchev–Trinajstić information content (AvgIpc) is 2.67. The molecule has 2 atom stereocenters. The molecule has 0 saturated heterocycles. The van der Waals surface area contributed by atoms with Crippen LogP contribution in [0.3, 0.4) is 0 Å². The van der Waals surface area contributed by atoms with Gasteiger partial charge in [0.15, 0.2) is 0 Å². The van der Waals surface area contributed by atoms with Crippen molar-refractivity contribution >= 4 is 13.3 Å². The minimum absolute atomic E-state index is 0.541. The number of benzene rings is 1. The van der Waals surface area contributed by atoms with Gasteiger partial charge in [-0.2, -0.15) is 0 Å². The predicted octanol–water partition coefficient (Wildman–Crippen LogP) is 7.31. The molecule has 0 radical (unpaired) electrons. The van der Waals surface area contributed by atoms with Crippen LogP contribution < -0.4 is 5.30 Å². The summed E-state index contributed by atoms with van der Waals surface area (Å²) in [6.07, 6.45) is 14.9. The second-order valence-electron chi connectivity index (χ2n) is 7.54. The highest BCUT2D eigenvalue weighted by atomic mass is 31.1. The van der Waals surface area contributed by atoms with Crippen molar-refractivity contribution in [1.29, 1.82) is 0 Å². The highest BCUT2D eigenvalue weighted by Crippen LogP contribution is 2.27. The molecular formula is C23H41O2P. The molecule has 26 heavy (non-hydrogen) atoms. The summed E-state index contributed by atoms with van der Waals surface area (Å²) in [6, 6.07) is 8.19. The quantitative estimate of drug-likeness (QED) is 0.222. The van der Waals surface area contributed by atoms with Crippen LogP contribution in [0.1, 0.15) is 97.0 Å². The molecular weight excluding hydrogens is 339 g/mol. The monoisotopic (exact) mass is 380 g/mol. The summed E-state index contributed by atoms with van der Waals surface area (Å²) >= 11 is 0. The van der Waals surface area contributed by atoms with Crippen molar-refractivity contribution in [1.82, 2.24) is 0 Å². The molecule has 1 aromatic carbocycles. The zero-order chi connectivity index (χ0) is 19.0. The maximum atomic E-state index is 12.7. The van der Waals surface area contributed by atoms with Crippen molar-refractivity contribution in [3.05, 3.63) is 29.8 Å². The Hall–Kier alpha value is -0.590. The lowest BCUT2D eigenvalue weighted by atomic mass is 10.0. The standard InChI is InChI=1S/C23H41O2P/c1-4-7-9-10-11-12-13-17-22-18-14-15-19-23(22)26(24)25-20-21(6-3)16-8-5-2/h14-15,18-19,21,26H,4-13,16-17,20H2,1-3H3. The van der Waals surface area contributed by atoms with Gasteiger partial charge in [-0.25, -0.2) is 0 Å². The van der Waals surface area contributed by atoms with Gasteiger partial charge in [-0.1, -0.05) is 96.8 Å². The summed E-state index contributed by atoms with van der Waals surface area (Å²) in [4.78, 5) is 0. The molecule has 0 bridgehead atoms. The first-order valence-electron chi connectivity index (χ1n) is 11.0. The maximum absolute atomic E-state index is 12.7. The van der Waals surface area contributed by atoms with Gasteiger partial charge in [-0.3, -0.25) is 4.57 Å². The highest BCUT2D eigenvalue weighted by Gasteiger charge is 2.13. The Labute approximate surface area is 163 Å². The molecule has 0 saturated carbocycles. The van der Waals surface area contributed by atoms with Gasteiger partial charge in [-0.05, 0) is 36.8 Å². The van der Waals surface area contributed by atoms with Crippen LogP contribution in [0, 0.1) is 5.92 Å². The van der Waals surface area contributed by atoms with Gasteiger partial charge in [0.05, 0.1) is 6.61 Å². The van der Waals surface area contributed by atoms with Crippen LogP contribution in [0.25, 0.3) is 0 Å². The van der Waals surface area contributed by atoms with Gasteiger partial charge in [-0.15, -0.1) is 0 Å². The minimum atomic E-state index is -2.13. The average molecular weight is 381 g/mol. The van der Waals surface area contributed by atoms with Crippen molar-refractivity contribution in [2.75, 3.05) is 6.61 Å². The second-order valence-corrected chi connectivity index (χ2v) is 8.95. The SMILES string of the molecule is CCCCCCCCCc1ccccc1[PH](=O)OCC(CC)CCCC. The van der Waals surface area contributed by atoms with Crippen LogP contribution in [0.5, 0.6) is 0 Å². The van der Waals surface area contributed by atoms with Crippen molar-refractivity contribution in [2.24, 2.45) is 5.92 Å². The number of hydrogen-bond acceptors (Lipinski definition) is 2. The van der Waals surface area contributed by atoms with E-state index >= 15 is 0 Å². The smallest absolute Gasteiger partial charge is 0.220 e. The summed E-state index contributed by atoms with van der Waals surface area (Å²) in [7, 11) is -2.13. The van der Waals surface area contributed by atoms with Crippen LogP contribution in [0.4, 0.5) is 0 Å². The van der Waals surface area contributed by atoms with Gasteiger partial charge >= 0.3 is 0 Å². The molecule has 0 aliphatic rings. The van der Waals surface area contributed by atoms with Gasteiger partial charge in [0.25, 0.3) is 0 Å². The topological polar surface area (TPSA) is 26.3 Å². The lowest BCUT2D eigenvalue weighted by molar-refractivity contribution is 0.247. The van der Waals surface area contributed by atoms with E-state index in [9.17, 15) is 4.57 Å². The highest BCUT2D eigenvalue weighted by molar-refractivity contribution is 7.48. The van der Waals surface area contributed by atoms with Crippen molar-refractivity contribution in [3.63, 3.8) is 0 Å². The molecule has 0 spiro atoms. The van der Waals surface area contributed by atoms with Crippen LogP contribution in [0.15, 0.2) is 24.3 Å². The molecule has 0 aliphatic heterocycles. The van der Waals surface area contributed by atoms with E-state index in [2.05, 4.69) is 32.9 Å². The fourth-order valence-corrected chi connectivity index (χ4v) is 4.62. The molecule has 1 rings (SSSR count). The fraction of sp³-hybridized carbons (Fsp3) is 0.739. The fourth-order valence-electron chi connectivity index (χ4n) is 3.38. The van der Waals surface area contributed by atoms with E-state index in [1.165, 1.54) is 69.8 Å². The van der Waals surface area contributed by atoms with E-state index < -0.39 is 8.03 Å². The van der Waals surface area contributed by atoms with Crippen LogP contribution >= 0.6 is 8.03 Å². The predicted molar refractivity (Wildman–Crippen MR) is 116 cm³/mol. The molecule has 2 unspecified atom stereocenters. The zero-order valence-corrected chi connectivity index (χ0v) is 18.4. The Balaban J connectivity index is 2.42. The summed E-state index contributed by atoms with van der Waals surface area (Å²) in [5.74, 6) is 0.541. The van der Waals surface area contributed by atoms with Gasteiger partial charge in [0, 0.05) is 5.30 Å². The van der Waals surface area contributed by atoms with Crippen molar-refractivity contribution in [3.8, 4) is 0 Å². The van der Waals surface area contributed by atoms with E-state index in [0.29, 0.717) is 12.5 Å². The van der Waals surface area contributed by atoms with E-state index in [-0.39, 0.29) is 0 Å². The van der Waals surface area contributed by atoms with Crippen LogP contribution in [-0.4, -0.2) is 6.61 Å². The summed E-state index contributed by atoms with van der Waals surface area (Å²) < 4.78 is 18.6. The summed E-state index contributed by atoms with van der Waals surface area (Å²) in [6.45, 7) is 7.32. The first-order valence-corrected chi connectivity index (χ1v) is 12.3. The summed E-state index contributed by atoms with van der Waals surface area (Å²) in [5, 5.41) is 0.953. The molecule has 0 heterocycles. The minimum Gasteiger partial charge on any atom is -0.327 e. The van der Waals surface area contributed by atoms with E-state index in [1.54, 1.807) is 0 Å². The number of hydrogen-bond donors (Lipinski definition) is 0. The first-order chi connectivity index (χ1) is 12.7. The molecule has 0 amide bonds. The number of unbranched alkanes of at least 4 members (excludes halogenated alkanes) is 7. The first kappa shape index (κ1) is 23.4. The maximum Gasteiger partial charge on any atom is 0.220 e.